The molecule has 0 fully saturated rings. The molecule has 2 aromatic carbocycles. The van der Waals surface area contributed by atoms with Crippen molar-refractivity contribution in [1.29, 1.82) is 0 Å². The van der Waals surface area contributed by atoms with E-state index in [1.807, 2.05) is 0 Å². The van der Waals surface area contributed by atoms with Crippen LogP contribution in [0.3, 0.4) is 0 Å². The first kappa shape index (κ1) is 23.3. The third-order valence-corrected chi connectivity index (χ3v) is 4.50. The summed E-state index contributed by atoms with van der Waals surface area (Å²) in [4.78, 5) is 40.2. The highest BCUT2D eigenvalue weighted by Gasteiger charge is 2.14. The summed E-state index contributed by atoms with van der Waals surface area (Å²) < 4.78 is 26.5. The molecule has 10 heteroatoms. The predicted molar refractivity (Wildman–Crippen MR) is 115 cm³/mol. The van der Waals surface area contributed by atoms with Gasteiger partial charge in [-0.2, -0.15) is 0 Å². The van der Waals surface area contributed by atoms with Gasteiger partial charge in [0.1, 0.15) is 17.4 Å². The molecule has 0 spiro atoms. The number of nitrogens with one attached hydrogen (secondary N) is 3. The molecule has 1 aromatic heterocycles. The number of halogens is 2. The molecule has 0 aliphatic rings. The Kier molecular flexibility index (Phi) is 7.64. The number of hydrogen-bond acceptors (Lipinski definition) is 5. The van der Waals surface area contributed by atoms with Crippen LogP contribution >= 0.6 is 0 Å². The van der Waals surface area contributed by atoms with Gasteiger partial charge in [0.2, 0.25) is 5.91 Å². The zero-order valence-electron chi connectivity index (χ0n) is 17.3. The maximum atomic E-state index is 13.3. The number of benzene rings is 2. The van der Waals surface area contributed by atoms with E-state index in [0.717, 1.165) is 23.8 Å². The van der Waals surface area contributed by atoms with Gasteiger partial charge in [0.05, 0.1) is 5.56 Å². The fraction of sp³-hybridized carbons (Fsp3) is 0.130. The number of pyridine rings is 1. The van der Waals surface area contributed by atoms with Crippen molar-refractivity contribution in [3.05, 3.63) is 89.2 Å². The van der Waals surface area contributed by atoms with Crippen molar-refractivity contribution in [1.82, 2.24) is 15.6 Å². The number of aromatic nitrogens is 1. The molecule has 0 saturated heterocycles. The van der Waals surface area contributed by atoms with Crippen LogP contribution < -0.4 is 16.0 Å². The molecule has 0 aliphatic heterocycles. The van der Waals surface area contributed by atoms with Crippen LogP contribution in [0.1, 0.15) is 32.7 Å². The molecular formula is C23H20F2N4O4. The average Bonchev–Trinajstić information content (AvgIpc) is 2.77. The molecule has 4 N–H and O–H groups in total. The summed E-state index contributed by atoms with van der Waals surface area (Å²) >= 11 is 0. The second-order valence-corrected chi connectivity index (χ2v) is 6.98. The van der Waals surface area contributed by atoms with Gasteiger partial charge in [-0.05, 0) is 42.0 Å². The van der Waals surface area contributed by atoms with Crippen LogP contribution in [0.4, 0.5) is 14.5 Å². The number of nitrogens with zero attached hydrogens (tertiary/aromatic N) is 1. The van der Waals surface area contributed by atoms with Crippen LogP contribution in [0.5, 0.6) is 5.75 Å². The van der Waals surface area contributed by atoms with Crippen LogP contribution in [-0.4, -0.2) is 34.4 Å². The number of aromatic hydroxyl groups is 1. The minimum Gasteiger partial charge on any atom is -0.507 e. The number of anilines is 1. The third-order valence-electron chi connectivity index (χ3n) is 4.50. The number of carbonyl (C=O) groups excluding carboxylic acids is 3. The van der Waals surface area contributed by atoms with E-state index in [1.165, 1.54) is 12.1 Å². The number of phenols is 1. The summed E-state index contributed by atoms with van der Waals surface area (Å²) in [6.45, 7) is 0.385. The molecule has 3 amide bonds. The number of amides is 3. The molecule has 0 unspecified atom stereocenters. The molecule has 0 saturated carbocycles. The highest BCUT2D eigenvalue weighted by atomic mass is 19.1. The Balaban J connectivity index is 1.50. The molecule has 0 aliphatic carbocycles. The lowest BCUT2D eigenvalue weighted by Gasteiger charge is -2.10. The van der Waals surface area contributed by atoms with E-state index in [4.69, 9.17) is 0 Å². The Bertz CT molecular complexity index is 1150. The first-order valence-electron chi connectivity index (χ1n) is 9.86. The topological polar surface area (TPSA) is 120 Å². The second-order valence-electron chi connectivity index (χ2n) is 6.98. The normalized spacial score (nSPS) is 10.4. The van der Waals surface area contributed by atoms with Crippen molar-refractivity contribution >= 4 is 23.4 Å². The number of phenolic OH excluding ortho intramolecular Hbond substituents is 1. The van der Waals surface area contributed by atoms with E-state index < -0.39 is 29.2 Å². The lowest BCUT2D eigenvalue weighted by atomic mass is 10.1. The maximum absolute atomic E-state index is 13.3. The highest BCUT2D eigenvalue weighted by molar-refractivity contribution is 6.05. The quantitative estimate of drug-likeness (QED) is 0.417. The number of hydrogen-bond donors (Lipinski definition) is 4. The van der Waals surface area contributed by atoms with Crippen molar-refractivity contribution in [3.63, 3.8) is 0 Å². The molecule has 3 aromatic rings. The van der Waals surface area contributed by atoms with E-state index in [1.54, 1.807) is 24.5 Å². The third kappa shape index (κ3) is 6.82. The minimum absolute atomic E-state index is 0.0376. The van der Waals surface area contributed by atoms with Gasteiger partial charge < -0.3 is 21.1 Å². The van der Waals surface area contributed by atoms with Gasteiger partial charge in [0.25, 0.3) is 11.8 Å². The smallest absolute Gasteiger partial charge is 0.255 e. The van der Waals surface area contributed by atoms with Crippen molar-refractivity contribution < 1.29 is 28.3 Å². The lowest BCUT2D eigenvalue weighted by Crippen LogP contribution is -2.30. The summed E-state index contributed by atoms with van der Waals surface area (Å²) in [6.07, 6.45) is 3.27. The Labute approximate surface area is 187 Å². The summed E-state index contributed by atoms with van der Waals surface area (Å²) in [5.74, 6) is -3.88. The Morgan fingerprint density at radius 1 is 0.879 bits per heavy atom. The zero-order chi connectivity index (χ0) is 23.8. The van der Waals surface area contributed by atoms with Crippen LogP contribution in [0.2, 0.25) is 0 Å². The molecule has 1 heterocycles. The molecule has 0 bridgehead atoms. The molecule has 3 rings (SSSR count). The first-order chi connectivity index (χ1) is 15.8. The Morgan fingerprint density at radius 2 is 1.58 bits per heavy atom. The van der Waals surface area contributed by atoms with Crippen LogP contribution in [-0.2, 0) is 11.3 Å². The minimum atomic E-state index is -0.902. The van der Waals surface area contributed by atoms with Crippen LogP contribution in [0.15, 0.2) is 60.9 Å². The van der Waals surface area contributed by atoms with E-state index in [-0.39, 0.29) is 35.7 Å². The monoisotopic (exact) mass is 454 g/mol. The molecule has 0 radical (unpaired) electrons. The number of rotatable bonds is 8. The Morgan fingerprint density at radius 3 is 2.24 bits per heavy atom. The van der Waals surface area contributed by atoms with E-state index in [0.29, 0.717) is 12.6 Å². The standard InChI is InChI=1S/C23H20F2N4O4/c24-16-9-15(10-17(25)11-16)22(32)29-18-1-2-19(20(30)12-18)23(33)27-8-5-21(31)28-13-14-3-6-26-7-4-14/h1-4,6-7,9-12,30H,5,8,13H2,(H,27,33)(H,28,31)(H,29,32). The fourth-order valence-electron chi connectivity index (χ4n) is 2.86. The van der Waals surface area contributed by atoms with Gasteiger partial charge >= 0.3 is 0 Å². The first-order valence-corrected chi connectivity index (χ1v) is 9.86. The van der Waals surface area contributed by atoms with E-state index >= 15 is 0 Å². The van der Waals surface area contributed by atoms with Gasteiger partial charge in [-0.3, -0.25) is 19.4 Å². The molecule has 33 heavy (non-hydrogen) atoms. The molecule has 170 valence electrons. The summed E-state index contributed by atoms with van der Waals surface area (Å²) in [6, 6.07) is 9.67. The summed E-state index contributed by atoms with van der Waals surface area (Å²) in [7, 11) is 0. The molecule has 0 atom stereocenters. The van der Waals surface area contributed by atoms with Crippen molar-refractivity contribution in [2.24, 2.45) is 0 Å². The second kappa shape index (κ2) is 10.8. The van der Waals surface area contributed by atoms with Crippen LogP contribution in [0, 0.1) is 11.6 Å². The number of carbonyl (C=O) groups is 3. The SMILES string of the molecule is O=C(CCNC(=O)c1ccc(NC(=O)c2cc(F)cc(F)c2)cc1O)NCc1ccncc1. The van der Waals surface area contributed by atoms with Crippen molar-refractivity contribution in [2.75, 3.05) is 11.9 Å². The lowest BCUT2D eigenvalue weighted by molar-refractivity contribution is -0.121. The predicted octanol–water partition coefficient (Wildman–Crippen LogP) is 2.75. The van der Waals surface area contributed by atoms with Gasteiger partial charge in [0.15, 0.2) is 0 Å². The maximum Gasteiger partial charge on any atom is 0.255 e. The molecule has 8 nitrogen and oxygen atoms in total. The van der Waals surface area contributed by atoms with E-state index in [9.17, 15) is 28.3 Å². The zero-order valence-corrected chi connectivity index (χ0v) is 17.3. The van der Waals surface area contributed by atoms with Crippen molar-refractivity contribution in [3.8, 4) is 5.75 Å². The van der Waals surface area contributed by atoms with E-state index in [2.05, 4.69) is 20.9 Å². The largest absolute Gasteiger partial charge is 0.507 e. The highest BCUT2D eigenvalue weighted by Crippen LogP contribution is 2.22. The summed E-state index contributed by atoms with van der Waals surface area (Å²) in [5.41, 5.74) is 0.703. The van der Waals surface area contributed by atoms with Gasteiger partial charge in [-0.25, -0.2) is 8.78 Å². The Hall–Kier alpha value is -4.34. The van der Waals surface area contributed by atoms with Gasteiger partial charge in [-0.1, -0.05) is 0 Å². The average molecular weight is 454 g/mol. The van der Waals surface area contributed by atoms with Crippen molar-refractivity contribution in [2.45, 2.75) is 13.0 Å². The fourth-order valence-corrected chi connectivity index (χ4v) is 2.86. The van der Waals surface area contributed by atoms with Gasteiger partial charge in [-0.15, -0.1) is 0 Å². The van der Waals surface area contributed by atoms with Gasteiger partial charge in [0, 0.05) is 55.3 Å². The molecular weight excluding hydrogens is 434 g/mol. The van der Waals surface area contributed by atoms with Crippen LogP contribution in [0.25, 0.3) is 0 Å². The summed E-state index contributed by atoms with van der Waals surface area (Å²) in [5, 5.41) is 17.8.